The van der Waals surface area contributed by atoms with Gasteiger partial charge < -0.3 is 31.7 Å². The Morgan fingerprint density at radius 3 is 1.07 bits per heavy atom. The Hall–Kier alpha value is -3.54. The first kappa shape index (κ1) is 50.4. The van der Waals surface area contributed by atoms with Crippen LogP contribution in [-0.2, 0) is 19.3 Å². The molecule has 0 spiro atoms. The third kappa shape index (κ3) is 13.5. The van der Waals surface area contributed by atoms with Crippen LogP contribution in [0.15, 0.2) is 42.5 Å². The highest BCUT2D eigenvalue weighted by Gasteiger charge is 2.33. The number of benzene rings is 3. The van der Waals surface area contributed by atoms with Crippen LogP contribution in [0.4, 0.5) is 28.4 Å². The minimum absolute atomic E-state index is 0.0204. The lowest BCUT2D eigenvalue weighted by Gasteiger charge is -2.37. The third-order valence-corrected chi connectivity index (χ3v) is 20.3. The first-order chi connectivity index (χ1) is 33.5. The van der Waals surface area contributed by atoms with Gasteiger partial charge in [-0.05, 0) is 240 Å². The molecule has 6 nitrogen and oxygen atoms in total. The van der Waals surface area contributed by atoms with Crippen LogP contribution in [0.5, 0.6) is 17.2 Å². The summed E-state index contributed by atoms with van der Waals surface area (Å²) in [5.41, 5.74) is 12.6. The van der Waals surface area contributed by atoms with Gasteiger partial charge in [-0.3, -0.25) is 0 Å². The Bertz CT molecular complexity index is 2070. The maximum atomic E-state index is 12.1. The number of anilines is 5. The van der Waals surface area contributed by atoms with E-state index in [0.29, 0.717) is 34.4 Å². The molecular weight excluding hydrogens is 847 g/mol. The Morgan fingerprint density at radius 1 is 0.377 bits per heavy atom. The maximum absolute atomic E-state index is 12.1. The number of nitrogens with one attached hydrogen (secondary N) is 2. The summed E-state index contributed by atoms with van der Waals surface area (Å²) in [4.78, 5) is 0. The van der Waals surface area contributed by atoms with Gasteiger partial charge in [0.25, 0.3) is 0 Å². The quantitative estimate of drug-likeness (QED) is 0.0630. The van der Waals surface area contributed by atoms with Gasteiger partial charge in [0.2, 0.25) is 0 Å². The average Bonchev–Trinajstić information content (AvgIpc) is 3.37. The van der Waals surface area contributed by atoms with Gasteiger partial charge in [0, 0.05) is 0 Å². The van der Waals surface area contributed by atoms with Gasteiger partial charge in [-0.2, -0.15) is 0 Å². The van der Waals surface area contributed by atoms with Crippen molar-refractivity contribution in [2.45, 2.75) is 213 Å². The van der Waals surface area contributed by atoms with Gasteiger partial charge in [0.15, 0.2) is 11.5 Å². The van der Waals surface area contributed by atoms with Crippen LogP contribution in [-0.4, -0.2) is 15.3 Å². The monoisotopic (exact) mass is 942 g/mol. The highest BCUT2D eigenvalue weighted by molar-refractivity contribution is 5.83. The largest absolute Gasteiger partial charge is 0.506 e. The van der Waals surface area contributed by atoms with Crippen molar-refractivity contribution in [2.75, 3.05) is 16.4 Å². The lowest BCUT2D eigenvalue weighted by atomic mass is 9.69. The van der Waals surface area contributed by atoms with Crippen molar-refractivity contribution in [3.8, 4) is 17.2 Å². The molecule has 0 bridgehead atoms. The van der Waals surface area contributed by atoms with E-state index in [0.717, 1.165) is 108 Å². The number of hydrogen-bond donors (Lipinski definition) is 6. The Balaban J connectivity index is 0.863. The number of phenols is 3. The van der Waals surface area contributed by atoms with Gasteiger partial charge in [0.1, 0.15) is 5.75 Å². The van der Waals surface area contributed by atoms with E-state index in [1.165, 1.54) is 166 Å². The van der Waals surface area contributed by atoms with Crippen LogP contribution in [0, 0.1) is 71.0 Å². The molecule has 0 aliphatic heterocycles. The molecule has 3 aromatic rings. The minimum Gasteiger partial charge on any atom is -0.506 e. The summed E-state index contributed by atoms with van der Waals surface area (Å²) in [6.07, 6.45) is 39.7. The van der Waals surface area contributed by atoms with Gasteiger partial charge >= 0.3 is 0 Å². The Kier molecular flexibility index (Phi) is 17.4. The maximum Gasteiger partial charge on any atom is 0.162 e. The summed E-state index contributed by atoms with van der Waals surface area (Å²) in [6.45, 7) is 7.29. The van der Waals surface area contributed by atoms with Crippen LogP contribution < -0.4 is 16.4 Å². The van der Waals surface area contributed by atoms with E-state index in [2.05, 4.69) is 55.7 Å². The second-order valence-corrected chi connectivity index (χ2v) is 25.2. The molecule has 6 heteroatoms. The number of nitrogen functional groups attached to an aromatic ring is 1. The number of nitrogens with two attached hydrogens (primary N) is 1. The molecule has 3 aromatic carbocycles. The molecule has 9 rings (SSSR count). The second kappa shape index (κ2) is 23.8. The lowest BCUT2D eigenvalue weighted by molar-refractivity contribution is 0.148. The molecular formula is C63H95N3O3. The van der Waals surface area contributed by atoms with Crippen molar-refractivity contribution in [1.29, 1.82) is 0 Å². The van der Waals surface area contributed by atoms with E-state index in [1.54, 1.807) is 0 Å². The zero-order valence-corrected chi connectivity index (χ0v) is 43.6. The van der Waals surface area contributed by atoms with E-state index in [4.69, 9.17) is 5.73 Å². The van der Waals surface area contributed by atoms with Crippen molar-refractivity contribution in [2.24, 2.45) is 71.0 Å². The molecule has 7 N–H and O–H groups in total. The summed E-state index contributed by atoms with van der Waals surface area (Å²) in [5, 5.41) is 41.8. The Labute approximate surface area is 419 Å². The van der Waals surface area contributed by atoms with Crippen molar-refractivity contribution in [3.63, 3.8) is 0 Å². The Morgan fingerprint density at radius 2 is 0.681 bits per heavy atom. The first-order valence-corrected chi connectivity index (χ1v) is 29.3. The van der Waals surface area contributed by atoms with Crippen molar-refractivity contribution in [1.82, 2.24) is 0 Å². The lowest BCUT2D eigenvalue weighted by Crippen LogP contribution is -2.25. The van der Waals surface area contributed by atoms with E-state index in [1.807, 2.05) is 18.2 Å². The number of aryl methyl sites for hydroxylation is 3. The van der Waals surface area contributed by atoms with E-state index in [-0.39, 0.29) is 17.2 Å². The molecule has 0 unspecified atom stereocenters. The van der Waals surface area contributed by atoms with Crippen molar-refractivity contribution >= 4 is 28.4 Å². The fraction of sp³-hybridized carbons (Fsp3) is 0.714. The molecule has 0 amide bonds. The summed E-state index contributed by atoms with van der Waals surface area (Å²) in [5.74, 6) is 10.8. The van der Waals surface area contributed by atoms with Gasteiger partial charge in [-0.15, -0.1) is 0 Å². The summed E-state index contributed by atoms with van der Waals surface area (Å²) in [6, 6.07) is 14.1. The number of rotatable bonds is 16. The van der Waals surface area contributed by atoms with E-state index in [9.17, 15) is 15.3 Å². The summed E-state index contributed by atoms with van der Waals surface area (Å²) in [7, 11) is 0. The van der Waals surface area contributed by atoms with Crippen molar-refractivity contribution < 1.29 is 15.3 Å². The predicted molar refractivity (Wildman–Crippen MR) is 290 cm³/mol. The molecule has 6 saturated carbocycles. The molecule has 0 heterocycles. The number of hydrogen-bond acceptors (Lipinski definition) is 6. The first-order valence-electron chi connectivity index (χ1n) is 29.3. The number of aromatic hydroxyl groups is 3. The molecule has 380 valence electrons. The molecule has 6 fully saturated rings. The van der Waals surface area contributed by atoms with Crippen LogP contribution in [0.1, 0.15) is 211 Å². The van der Waals surface area contributed by atoms with Crippen LogP contribution in [0.2, 0.25) is 0 Å². The molecule has 0 saturated heterocycles. The number of phenolic OH excluding ortho intramolecular Hbond substituents is 3. The standard InChI is InChI=1S/C63H95N3O3/c1-41-4-23-50(24-5-41)53-29-16-44(17-30-53)10-13-47-22-35-61(67)57(37-47)65-59-39-49(15-12-46-20-33-55(34-21-46)52-27-8-43(3)9-28-52)40-60(63(59)69)66-58-38-48(36-56(64)62(58)68)14-11-45-18-31-54(32-19-45)51-25-6-42(2)7-26-51/h22,35-46,50-55,65-69H,4-21,23-34,64H2,1-3H3. The zero-order valence-electron chi connectivity index (χ0n) is 43.6. The molecule has 0 radical (unpaired) electrons. The van der Waals surface area contributed by atoms with Crippen molar-refractivity contribution in [3.05, 3.63) is 59.2 Å². The van der Waals surface area contributed by atoms with Crippen LogP contribution >= 0.6 is 0 Å². The van der Waals surface area contributed by atoms with Crippen LogP contribution in [0.3, 0.4) is 0 Å². The summed E-state index contributed by atoms with van der Waals surface area (Å²) < 4.78 is 0. The van der Waals surface area contributed by atoms with Crippen LogP contribution in [0.25, 0.3) is 0 Å². The van der Waals surface area contributed by atoms with E-state index >= 15 is 0 Å². The molecule has 69 heavy (non-hydrogen) atoms. The molecule has 0 atom stereocenters. The minimum atomic E-state index is 0.0204. The topological polar surface area (TPSA) is 111 Å². The molecule has 6 aliphatic rings. The normalized spacial score (nSPS) is 32.3. The second-order valence-electron chi connectivity index (χ2n) is 25.2. The fourth-order valence-corrected chi connectivity index (χ4v) is 15.3. The highest BCUT2D eigenvalue weighted by atomic mass is 16.3. The SMILES string of the molecule is CC1CCC(C2CCC(CCc3ccc(O)c(Nc4cc(CCC5CCC(C6CCC(C)CC6)CC5)cc(Nc5cc(CCC6CCC(C7CCC(C)CC7)CC6)cc(N)c5O)c4O)c3)CC2)CC1. The van der Waals surface area contributed by atoms with Gasteiger partial charge in [0.05, 0.1) is 28.4 Å². The summed E-state index contributed by atoms with van der Waals surface area (Å²) >= 11 is 0. The molecule has 6 aliphatic carbocycles. The van der Waals surface area contributed by atoms with E-state index < -0.39 is 0 Å². The average molecular weight is 942 g/mol. The third-order valence-electron chi connectivity index (χ3n) is 20.3. The fourth-order valence-electron chi connectivity index (χ4n) is 15.3. The molecule has 0 aromatic heterocycles. The highest BCUT2D eigenvalue weighted by Crippen LogP contribution is 2.47. The smallest absolute Gasteiger partial charge is 0.162 e. The van der Waals surface area contributed by atoms with Gasteiger partial charge in [-0.1, -0.05) is 104 Å². The predicted octanol–water partition coefficient (Wildman–Crippen LogP) is 17.6. The zero-order chi connectivity index (χ0) is 47.9. The van der Waals surface area contributed by atoms with Gasteiger partial charge in [-0.25, -0.2) is 0 Å².